The molecule has 0 saturated carbocycles. The normalized spacial score (nSPS) is 30.3. The first-order valence-corrected chi connectivity index (χ1v) is 10.8. The average Bonchev–Trinajstić information content (AvgIpc) is 2.59. The number of sulfonamides is 1. The molecule has 7 nitrogen and oxygen atoms in total. The van der Waals surface area contributed by atoms with Gasteiger partial charge < -0.3 is 14.4 Å². The molecule has 1 aromatic rings. The van der Waals surface area contributed by atoms with Gasteiger partial charge in [-0.2, -0.15) is 4.31 Å². The smallest absolute Gasteiger partial charge is 0.254 e. The summed E-state index contributed by atoms with van der Waals surface area (Å²) in [5.41, 5.74) is 0.381. The van der Waals surface area contributed by atoms with E-state index in [-0.39, 0.29) is 35.2 Å². The standard InChI is InChI=1S/C19H28N2O5S/c1-13-9-20(10-14(2)25-13)19(22)17-6-5-7-18(8-17)27(23,24)21-11-15(3)26-16(4)12-21/h5-8,13-16H,9-12H2,1-4H3. The molecule has 0 bridgehead atoms. The molecular weight excluding hydrogens is 368 g/mol. The molecule has 4 unspecified atom stereocenters. The van der Waals surface area contributed by atoms with Crippen LogP contribution in [0.5, 0.6) is 0 Å². The summed E-state index contributed by atoms with van der Waals surface area (Å²) in [6.07, 6.45) is -0.406. The Morgan fingerprint density at radius 2 is 1.44 bits per heavy atom. The van der Waals surface area contributed by atoms with Crippen LogP contribution in [0.25, 0.3) is 0 Å². The van der Waals surface area contributed by atoms with Crippen LogP contribution in [0.1, 0.15) is 38.1 Å². The fraction of sp³-hybridized carbons (Fsp3) is 0.632. The molecular formula is C19H28N2O5S. The Hall–Kier alpha value is -1.48. The van der Waals surface area contributed by atoms with E-state index < -0.39 is 10.0 Å². The number of rotatable bonds is 3. The van der Waals surface area contributed by atoms with Crippen molar-refractivity contribution in [3.8, 4) is 0 Å². The van der Waals surface area contributed by atoms with Gasteiger partial charge in [0.05, 0.1) is 29.3 Å². The molecule has 4 atom stereocenters. The van der Waals surface area contributed by atoms with Crippen molar-refractivity contribution in [1.82, 2.24) is 9.21 Å². The monoisotopic (exact) mass is 396 g/mol. The van der Waals surface area contributed by atoms with Gasteiger partial charge in [0.1, 0.15) is 0 Å². The van der Waals surface area contributed by atoms with Crippen molar-refractivity contribution < 1.29 is 22.7 Å². The van der Waals surface area contributed by atoms with E-state index in [0.29, 0.717) is 31.7 Å². The third kappa shape index (κ3) is 4.51. The summed E-state index contributed by atoms with van der Waals surface area (Å²) in [4.78, 5) is 14.8. The van der Waals surface area contributed by atoms with E-state index in [1.54, 1.807) is 23.1 Å². The second-order valence-corrected chi connectivity index (χ2v) is 9.51. The Morgan fingerprint density at radius 1 is 0.926 bits per heavy atom. The van der Waals surface area contributed by atoms with Crippen LogP contribution in [-0.2, 0) is 19.5 Å². The highest BCUT2D eigenvalue weighted by Gasteiger charge is 2.33. The number of hydrogen-bond acceptors (Lipinski definition) is 5. The Labute approximate surface area is 161 Å². The molecule has 0 N–H and O–H groups in total. The first-order chi connectivity index (χ1) is 12.7. The van der Waals surface area contributed by atoms with Gasteiger partial charge in [0, 0.05) is 31.7 Å². The summed E-state index contributed by atoms with van der Waals surface area (Å²) in [5, 5.41) is 0. The molecule has 2 aliphatic heterocycles. The lowest BCUT2D eigenvalue weighted by Crippen LogP contribution is -2.48. The SMILES string of the molecule is CC1CN(C(=O)c2cccc(S(=O)(=O)N3CC(C)OC(C)C3)c2)CC(C)O1. The fourth-order valence-electron chi connectivity index (χ4n) is 3.79. The predicted molar refractivity (Wildman–Crippen MR) is 101 cm³/mol. The summed E-state index contributed by atoms with van der Waals surface area (Å²) in [7, 11) is -3.68. The van der Waals surface area contributed by atoms with Gasteiger partial charge in [-0.05, 0) is 45.9 Å². The Balaban J connectivity index is 1.83. The zero-order chi connectivity index (χ0) is 19.8. The molecule has 3 rings (SSSR count). The predicted octanol–water partition coefficient (Wildman–Crippen LogP) is 1.73. The minimum absolute atomic E-state index is 0.0408. The van der Waals surface area contributed by atoms with Crippen LogP contribution in [0.3, 0.4) is 0 Å². The number of hydrogen-bond donors (Lipinski definition) is 0. The maximum atomic E-state index is 13.1. The number of carbonyl (C=O) groups is 1. The average molecular weight is 397 g/mol. The zero-order valence-electron chi connectivity index (χ0n) is 16.3. The molecule has 150 valence electrons. The van der Waals surface area contributed by atoms with Crippen LogP contribution in [-0.4, -0.2) is 74.1 Å². The van der Waals surface area contributed by atoms with Crippen molar-refractivity contribution in [2.24, 2.45) is 0 Å². The third-order valence-electron chi connectivity index (χ3n) is 4.81. The molecule has 0 aromatic heterocycles. The molecule has 0 radical (unpaired) electrons. The lowest BCUT2D eigenvalue weighted by atomic mass is 10.1. The molecule has 0 spiro atoms. The summed E-state index contributed by atoms with van der Waals surface area (Å²) in [5.74, 6) is -0.169. The maximum Gasteiger partial charge on any atom is 0.254 e. The maximum absolute atomic E-state index is 13.1. The summed E-state index contributed by atoms with van der Waals surface area (Å²) >= 11 is 0. The molecule has 2 aliphatic rings. The number of amides is 1. The van der Waals surface area contributed by atoms with E-state index in [1.165, 1.54) is 10.4 Å². The van der Waals surface area contributed by atoms with Crippen molar-refractivity contribution in [2.75, 3.05) is 26.2 Å². The van der Waals surface area contributed by atoms with Gasteiger partial charge in [0.2, 0.25) is 10.0 Å². The van der Waals surface area contributed by atoms with Crippen LogP contribution in [0, 0.1) is 0 Å². The molecule has 0 aliphatic carbocycles. The molecule has 2 saturated heterocycles. The van der Waals surface area contributed by atoms with Crippen LogP contribution >= 0.6 is 0 Å². The number of nitrogens with zero attached hydrogens (tertiary/aromatic N) is 2. The molecule has 1 amide bonds. The van der Waals surface area contributed by atoms with Crippen LogP contribution in [0.2, 0.25) is 0 Å². The number of benzene rings is 1. The molecule has 8 heteroatoms. The largest absolute Gasteiger partial charge is 0.373 e. The minimum Gasteiger partial charge on any atom is -0.373 e. The van der Waals surface area contributed by atoms with E-state index >= 15 is 0 Å². The van der Waals surface area contributed by atoms with Crippen molar-refractivity contribution in [2.45, 2.75) is 57.0 Å². The van der Waals surface area contributed by atoms with E-state index in [2.05, 4.69) is 0 Å². The van der Waals surface area contributed by atoms with Crippen LogP contribution in [0.4, 0.5) is 0 Å². The number of ether oxygens (including phenoxy) is 2. The van der Waals surface area contributed by atoms with Crippen molar-refractivity contribution in [1.29, 1.82) is 0 Å². The Bertz CT molecular complexity index is 777. The van der Waals surface area contributed by atoms with Gasteiger partial charge in [-0.25, -0.2) is 8.42 Å². The summed E-state index contributed by atoms with van der Waals surface area (Å²) in [6, 6.07) is 6.31. The molecule has 2 fully saturated rings. The van der Waals surface area contributed by atoms with Gasteiger partial charge in [0.25, 0.3) is 5.91 Å². The van der Waals surface area contributed by atoms with E-state index in [1.807, 2.05) is 27.7 Å². The summed E-state index contributed by atoms with van der Waals surface area (Å²) in [6.45, 7) is 9.19. The molecule has 2 heterocycles. The van der Waals surface area contributed by atoms with E-state index in [9.17, 15) is 13.2 Å². The van der Waals surface area contributed by atoms with Crippen molar-refractivity contribution >= 4 is 15.9 Å². The van der Waals surface area contributed by atoms with Gasteiger partial charge in [0.15, 0.2) is 0 Å². The van der Waals surface area contributed by atoms with Gasteiger partial charge in [-0.15, -0.1) is 0 Å². The lowest BCUT2D eigenvalue weighted by Gasteiger charge is -2.35. The minimum atomic E-state index is -3.68. The second kappa shape index (κ2) is 7.87. The van der Waals surface area contributed by atoms with E-state index in [0.717, 1.165) is 0 Å². The summed E-state index contributed by atoms with van der Waals surface area (Å²) < 4.78 is 38.9. The van der Waals surface area contributed by atoms with Crippen molar-refractivity contribution in [3.63, 3.8) is 0 Å². The zero-order valence-corrected chi connectivity index (χ0v) is 17.1. The van der Waals surface area contributed by atoms with Crippen LogP contribution in [0.15, 0.2) is 29.2 Å². The topological polar surface area (TPSA) is 76.2 Å². The van der Waals surface area contributed by atoms with Gasteiger partial charge in [-0.1, -0.05) is 6.07 Å². The second-order valence-electron chi connectivity index (χ2n) is 7.57. The third-order valence-corrected chi connectivity index (χ3v) is 6.64. The Morgan fingerprint density at radius 3 is 2.00 bits per heavy atom. The van der Waals surface area contributed by atoms with Gasteiger partial charge in [-0.3, -0.25) is 4.79 Å². The Kier molecular flexibility index (Phi) is 5.90. The quantitative estimate of drug-likeness (QED) is 0.778. The fourth-order valence-corrected chi connectivity index (χ4v) is 5.43. The van der Waals surface area contributed by atoms with Crippen molar-refractivity contribution in [3.05, 3.63) is 29.8 Å². The lowest BCUT2D eigenvalue weighted by molar-refractivity contribution is -0.0586. The highest BCUT2D eigenvalue weighted by molar-refractivity contribution is 7.89. The first kappa shape index (κ1) is 20.3. The van der Waals surface area contributed by atoms with E-state index in [4.69, 9.17) is 9.47 Å². The highest BCUT2D eigenvalue weighted by Crippen LogP contribution is 2.23. The number of morpholine rings is 2. The molecule has 27 heavy (non-hydrogen) atoms. The first-order valence-electron chi connectivity index (χ1n) is 9.37. The highest BCUT2D eigenvalue weighted by atomic mass is 32.2. The van der Waals surface area contributed by atoms with Gasteiger partial charge >= 0.3 is 0 Å². The van der Waals surface area contributed by atoms with Crippen LogP contribution < -0.4 is 0 Å². The molecule has 1 aromatic carbocycles. The number of carbonyl (C=O) groups excluding carboxylic acids is 1.